The zero-order valence-electron chi connectivity index (χ0n) is 11.9. The third-order valence-corrected chi connectivity index (χ3v) is 5.35. The van der Waals surface area contributed by atoms with Crippen molar-refractivity contribution in [1.29, 1.82) is 0 Å². The fourth-order valence-corrected chi connectivity index (χ4v) is 4.18. The summed E-state index contributed by atoms with van der Waals surface area (Å²) in [4.78, 5) is 0. The number of hydrogen-bond donors (Lipinski definition) is 1. The van der Waals surface area contributed by atoms with Crippen molar-refractivity contribution in [3.05, 3.63) is 35.9 Å². The van der Waals surface area contributed by atoms with Crippen molar-refractivity contribution in [2.45, 2.75) is 32.7 Å². The van der Waals surface area contributed by atoms with E-state index in [-0.39, 0.29) is 17.7 Å². The first-order valence-corrected chi connectivity index (χ1v) is 8.24. The van der Waals surface area contributed by atoms with Gasteiger partial charge in [0.2, 0.25) is 10.0 Å². The quantitative estimate of drug-likeness (QED) is 0.830. The van der Waals surface area contributed by atoms with Gasteiger partial charge < -0.3 is 5.73 Å². The fourth-order valence-electron chi connectivity index (χ4n) is 2.14. The van der Waals surface area contributed by atoms with E-state index in [0.717, 1.165) is 5.56 Å². The third kappa shape index (κ3) is 4.60. The largest absolute Gasteiger partial charge is 0.329 e. The Morgan fingerprint density at radius 1 is 1.16 bits per heavy atom. The van der Waals surface area contributed by atoms with E-state index in [2.05, 4.69) is 0 Å². The molecule has 19 heavy (non-hydrogen) atoms. The molecule has 1 rings (SSSR count). The summed E-state index contributed by atoms with van der Waals surface area (Å²) in [6, 6.07) is 9.65. The number of rotatable bonds is 7. The minimum atomic E-state index is -3.28. The van der Waals surface area contributed by atoms with Crippen LogP contribution in [0.1, 0.15) is 32.3 Å². The molecule has 0 bridgehead atoms. The summed E-state index contributed by atoms with van der Waals surface area (Å²) in [6.45, 7) is 6.41. The minimum Gasteiger partial charge on any atom is -0.329 e. The second kappa shape index (κ2) is 7.03. The Bertz CT molecular complexity index is 471. The molecule has 0 heterocycles. The van der Waals surface area contributed by atoms with E-state index in [0.29, 0.717) is 13.1 Å². The van der Waals surface area contributed by atoms with Crippen LogP contribution in [0, 0.1) is 0 Å². The van der Waals surface area contributed by atoms with Crippen molar-refractivity contribution in [2.24, 2.45) is 5.73 Å². The zero-order chi connectivity index (χ0) is 14.5. The van der Waals surface area contributed by atoms with Crippen LogP contribution in [0.15, 0.2) is 30.3 Å². The van der Waals surface area contributed by atoms with Gasteiger partial charge in [-0.15, -0.1) is 0 Å². The average molecular weight is 284 g/mol. The zero-order valence-corrected chi connectivity index (χ0v) is 12.7. The van der Waals surface area contributed by atoms with Gasteiger partial charge in [-0.2, -0.15) is 4.31 Å². The molecule has 1 unspecified atom stereocenters. The normalized spacial score (nSPS) is 14.0. The van der Waals surface area contributed by atoms with Gasteiger partial charge in [0.05, 0.1) is 5.75 Å². The van der Waals surface area contributed by atoms with E-state index < -0.39 is 10.0 Å². The number of nitrogens with zero attached hydrogens (tertiary/aromatic N) is 1. The Balaban J connectivity index is 2.84. The number of sulfonamides is 1. The topological polar surface area (TPSA) is 63.4 Å². The Hall–Kier alpha value is -0.910. The van der Waals surface area contributed by atoms with Gasteiger partial charge >= 0.3 is 0 Å². The van der Waals surface area contributed by atoms with Crippen LogP contribution in [0.5, 0.6) is 0 Å². The first-order chi connectivity index (χ1) is 8.88. The monoisotopic (exact) mass is 284 g/mol. The van der Waals surface area contributed by atoms with E-state index in [1.54, 1.807) is 0 Å². The summed E-state index contributed by atoms with van der Waals surface area (Å²) in [5.41, 5.74) is 6.54. The van der Waals surface area contributed by atoms with E-state index in [4.69, 9.17) is 5.73 Å². The molecule has 0 aliphatic rings. The number of benzene rings is 1. The van der Waals surface area contributed by atoms with E-state index in [1.807, 2.05) is 51.1 Å². The predicted molar refractivity (Wildman–Crippen MR) is 79.5 cm³/mol. The molecule has 0 aliphatic heterocycles. The van der Waals surface area contributed by atoms with Gasteiger partial charge in [0.1, 0.15) is 0 Å². The van der Waals surface area contributed by atoms with Crippen LogP contribution < -0.4 is 5.73 Å². The van der Waals surface area contributed by atoms with Crippen LogP contribution in [-0.4, -0.2) is 37.6 Å². The Kier molecular flexibility index (Phi) is 5.97. The van der Waals surface area contributed by atoms with Gasteiger partial charge in [0.25, 0.3) is 0 Å². The minimum absolute atomic E-state index is 0.0229. The molecule has 0 saturated carbocycles. The molecule has 5 heteroatoms. The maximum Gasteiger partial charge on any atom is 0.214 e. The molecular weight excluding hydrogens is 260 g/mol. The summed E-state index contributed by atoms with van der Waals surface area (Å²) in [5.74, 6) is 0.0973. The summed E-state index contributed by atoms with van der Waals surface area (Å²) in [7, 11) is -3.28. The third-order valence-electron chi connectivity index (χ3n) is 3.11. The molecule has 0 radical (unpaired) electrons. The van der Waals surface area contributed by atoms with Crippen molar-refractivity contribution < 1.29 is 8.42 Å². The smallest absolute Gasteiger partial charge is 0.214 e. The van der Waals surface area contributed by atoms with Crippen LogP contribution in [-0.2, 0) is 10.0 Å². The molecule has 0 amide bonds. The molecule has 4 nitrogen and oxygen atoms in total. The highest BCUT2D eigenvalue weighted by molar-refractivity contribution is 7.89. The molecule has 0 saturated heterocycles. The standard InChI is InChI=1S/C14H24N2O2S/c1-12(2)16(10-9-15)19(17,18)11-13(3)14-7-5-4-6-8-14/h4-8,12-13H,9-11,15H2,1-3H3. The van der Waals surface area contributed by atoms with E-state index >= 15 is 0 Å². The van der Waals surface area contributed by atoms with Gasteiger partial charge in [-0.05, 0) is 25.3 Å². The van der Waals surface area contributed by atoms with Crippen LogP contribution >= 0.6 is 0 Å². The second-order valence-corrected chi connectivity index (χ2v) is 7.05. The van der Waals surface area contributed by atoms with Gasteiger partial charge in [0, 0.05) is 19.1 Å². The van der Waals surface area contributed by atoms with Gasteiger partial charge in [-0.1, -0.05) is 37.3 Å². The number of nitrogens with two attached hydrogens (primary N) is 1. The van der Waals surface area contributed by atoms with Gasteiger partial charge in [-0.25, -0.2) is 8.42 Å². The molecule has 108 valence electrons. The van der Waals surface area contributed by atoms with Crippen molar-refractivity contribution >= 4 is 10.0 Å². The lowest BCUT2D eigenvalue weighted by molar-refractivity contribution is 0.360. The van der Waals surface area contributed by atoms with Crippen LogP contribution in [0.3, 0.4) is 0 Å². The van der Waals surface area contributed by atoms with Crippen LogP contribution in [0.4, 0.5) is 0 Å². The molecule has 1 atom stereocenters. The lowest BCUT2D eigenvalue weighted by Gasteiger charge is -2.26. The molecule has 0 aliphatic carbocycles. The maximum absolute atomic E-state index is 12.4. The lowest BCUT2D eigenvalue weighted by Crippen LogP contribution is -2.42. The molecule has 0 aromatic heterocycles. The van der Waals surface area contributed by atoms with E-state index in [9.17, 15) is 8.42 Å². The highest BCUT2D eigenvalue weighted by Crippen LogP contribution is 2.19. The van der Waals surface area contributed by atoms with Crippen molar-refractivity contribution in [1.82, 2.24) is 4.31 Å². The molecule has 0 spiro atoms. The Morgan fingerprint density at radius 2 is 1.74 bits per heavy atom. The molecule has 1 aromatic rings. The summed E-state index contributed by atoms with van der Waals surface area (Å²) >= 11 is 0. The molecular formula is C14H24N2O2S. The Morgan fingerprint density at radius 3 is 2.21 bits per heavy atom. The summed E-state index contributed by atoms with van der Waals surface area (Å²) < 4.78 is 26.3. The van der Waals surface area contributed by atoms with Crippen molar-refractivity contribution in [3.8, 4) is 0 Å². The van der Waals surface area contributed by atoms with Crippen LogP contribution in [0.25, 0.3) is 0 Å². The number of hydrogen-bond acceptors (Lipinski definition) is 3. The van der Waals surface area contributed by atoms with E-state index in [1.165, 1.54) is 4.31 Å². The van der Waals surface area contributed by atoms with Gasteiger partial charge in [-0.3, -0.25) is 0 Å². The SMILES string of the molecule is CC(CS(=O)(=O)N(CCN)C(C)C)c1ccccc1. The highest BCUT2D eigenvalue weighted by Gasteiger charge is 2.26. The fraction of sp³-hybridized carbons (Fsp3) is 0.571. The average Bonchev–Trinajstić information content (AvgIpc) is 2.35. The maximum atomic E-state index is 12.4. The highest BCUT2D eigenvalue weighted by atomic mass is 32.2. The summed E-state index contributed by atoms with van der Waals surface area (Å²) in [5, 5.41) is 0. The summed E-state index contributed by atoms with van der Waals surface area (Å²) in [6.07, 6.45) is 0. The molecule has 0 fully saturated rings. The second-order valence-electron chi connectivity index (χ2n) is 5.08. The van der Waals surface area contributed by atoms with Gasteiger partial charge in [0.15, 0.2) is 0 Å². The first kappa shape index (κ1) is 16.1. The molecule has 1 aromatic carbocycles. The first-order valence-electron chi connectivity index (χ1n) is 6.63. The lowest BCUT2D eigenvalue weighted by atomic mass is 10.0. The van der Waals surface area contributed by atoms with Crippen molar-refractivity contribution in [2.75, 3.05) is 18.8 Å². The molecule has 2 N–H and O–H groups in total. The van der Waals surface area contributed by atoms with Crippen LogP contribution in [0.2, 0.25) is 0 Å². The van der Waals surface area contributed by atoms with Crippen molar-refractivity contribution in [3.63, 3.8) is 0 Å². The predicted octanol–water partition coefficient (Wildman–Crippen LogP) is 1.79. The Labute approximate surface area is 116 Å².